The molecule has 3 amide bonds. The van der Waals surface area contributed by atoms with Gasteiger partial charge in [0.25, 0.3) is 11.8 Å². The lowest BCUT2D eigenvalue weighted by molar-refractivity contribution is -0.124. The minimum Gasteiger partial charge on any atom is -0.354 e. The summed E-state index contributed by atoms with van der Waals surface area (Å²) in [6.45, 7) is 2.84. The summed E-state index contributed by atoms with van der Waals surface area (Å²) in [5, 5.41) is 5.66. The molecule has 1 atom stereocenters. The Bertz CT molecular complexity index is 536. The number of amides is 3. The molecule has 1 aromatic carbocycles. The van der Waals surface area contributed by atoms with Crippen molar-refractivity contribution in [2.75, 3.05) is 26.7 Å². The van der Waals surface area contributed by atoms with Gasteiger partial charge in [0.15, 0.2) is 0 Å². The fourth-order valence-corrected chi connectivity index (χ4v) is 2.31. The van der Waals surface area contributed by atoms with Gasteiger partial charge in [0.05, 0.1) is 11.1 Å². The predicted molar refractivity (Wildman–Crippen MR) is 77.9 cm³/mol. The van der Waals surface area contributed by atoms with Gasteiger partial charge in [-0.2, -0.15) is 0 Å². The van der Waals surface area contributed by atoms with Crippen molar-refractivity contribution >= 4 is 17.7 Å². The minimum atomic E-state index is -0.298. The van der Waals surface area contributed by atoms with Gasteiger partial charge in [-0.1, -0.05) is 19.1 Å². The van der Waals surface area contributed by atoms with Gasteiger partial charge in [0.1, 0.15) is 0 Å². The zero-order valence-corrected chi connectivity index (χ0v) is 12.2. The third kappa shape index (κ3) is 3.11. The van der Waals surface area contributed by atoms with Gasteiger partial charge in [0, 0.05) is 25.6 Å². The lowest BCUT2D eigenvalue weighted by atomic mass is 10.1. The van der Waals surface area contributed by atoms with Crippen LogP contribution in [0.4, 0.5) is 0 Å². The van der Waals surface area contributed by atoms with Crippen molar-refractivity contribution in [3.63, 3.8) is 0 Å². The molecular formula is C15H19N3O3. The molecule has 0 radical (unpaired) electrons. The van der Waals surface area contributed by atoms with Crippen molar-refractivity contribution in [3.05, 3.63) is 35.4 Å². The van der Waals surface area contributed by atoms with E-state index in [0.717, 1.165) is 0 Å². The molecule has 1 aliphatic rings. The normalized spacial score (nSPS) is 15.0. The molecule has 1 aliphatic heterocycles. The molecule has 6 heteroatoms. The number of rotatable bonds is 6. The van der Waals surface area contributed by atoms with Crippen molar-refractivity contribution in [2.45, 2.75) is 6.92 Å². The van der Waals surface area contributed by atoms with Crippen LogP contribution in [-0.4, -0.2) is 49.3 Å². The molecule has 0 fully saturated rings. The van der Waals surface area contributed by atoms with Crippen LogP contribution in [0, 0.1) is 5.92 Å². The zero-order valence-electron chi connectivity index (χ0n) is 12.2. The van der Waals surface area contributed by atoms with Crippen molar-refractivity contribution in [2.24, 2.45) is 5.92 Å². The first-order chi connectivity index (χ1) is 10.1. The van der Waals surface area contributed by atoms with Crippen LogP contribution in [0.2, 0.25) is 0 Å². The van der Waals surface area contributed by atoms with E-state index in [1.807, 2.05) is 6.92 Å². The average molecular weight is 289 g/mol. The Morgan fingerprint density at radius 3 is 2.29 bits per heavy atom. The van der Waals surface area contributed by atoms with E-state index in [1.54, 1.807) is 31.3 Å². The Hall–Kier alpha value is -2.21. The molecule has 0 saturated heterocycles. The van der Waals surface area contributed by atoms with E-state index < -0.39 is 0 Å². The van der Waals surface area contributed by atoms with Crippen molar-refractivity contribution < 1.29 is 14.4 Å². The molecule has 1 unspecified atom stereocenters. The first-order valence-electron chi connectivity index (χ1n) is 6.93. The molecule has 0 aromatic heterocycles. The maximum Gasteiger partial charge on any atom is 0.261 e. The summed E-state index contributed by atoms with van der Waals surface area (Å²) in [7, 11) is 1.78. The molecule has 2 N–H and O–H groups in total. The van der Waals surface area contributed by atoms with Crippen LogP contribution in [0.15, 0.2) is 24.3 Å². The SMILES string of the molecule is CNCC(C)C(=O)NCCN1C(=O)c2ccccc2C1=O. The van der Waals surface area contributed by atoms with E-state index in [9.17, 15) is 14.4 Å². The van der Waals surface area contributed by atoms with E-state index in [4.69, 9.17) is 0 Å². The quantitative estimate of drug-likeness (QED) is 0.736. The van der Waals surface area contributed by atoms with Crippen molar-refractivity contribution in [3.8, 4) is 0 Å². The predicted octanol–water partition coefficient (Wildman–Crippen LogP) is 0.254. The lowest BCUT2D eigenvalue weighted by Gasteiger charge is -2.16. The zero-order chi connectivity index (χ0) is 15.4. The van der Waals surface area contributed by atoms with E-state index in [-0.39, 0.29) is 36.7 Å². The fourth-order valence-electron chi connectivity index (χ4n) is 2.31. The smallest absolute Gasteiger partial charge is 0.261 e. The topological polar surface area (TPSA) is 78.5 Å². The number of hydrogen-bond acceptors (Lipinski definition) is 4. The molecule has 1 aromatic rings. The molecule has 21 heavy (non-hydrogen) atoms. The molecule has 0 aliphatic carbocycles. The highest BCUT2D eigenvalue weighted by atomic mass is 16.2. The second-order valence-electron chi connectivity index (χ2n) is 5.06. The van der Waals surface area contributed by atoms with E-state index in [1.165, 1.54) is 4.90 Å². The maximum absolute atomic E-state index is 12.1. The van der Waals surface area contributed by atoms with Gasteiger partial charge in [-0.25, -0.2) is 0 Å². The number of imide groups is 1. The van der Waals surface area contributed by atoms with E-state index in [0.29, 0.717) is 17.7 Å². The number of hydrogen-bond donors (Lipinski definition) is 2. The summed E-state index contributed by atoms with van der Waals surface area (Å²) in [4.78, 5) is 37.1. The molecule has 0 spiro atoms. The summed E-state index contributed by atoms with van der Waals surface area (Å²) < 4.78 is 0. The number of fused-ring (bicyclic) bond motifs is 1. The molecule has 0 saturated carbocycles. The second kappa shape index (κ2) is 6.49. The number of benzene rings is 1. The van der Waals surface area contributed by atoms with Gasteiger partial charge in [-0.3, -0.25) is 19.3 Å². The van der Waals surface area contributed by atoms with Gasteiger partial charge < -0.3 is 10.6 Å². The average Bonchev–Trinajstić information content (AvgIpc) is 2.73. The number of nitrogens with one attached hydrogen (secondary N) is 2. The summed E-state index contributed by atoms with van der Waals surface area (Å²) in [6.07, 6.45) is 0. The lowest BCUT2D eigenvalue weighted by Crippen LogP contribution is -2.41. The maximum atomic E-state index is 12.1. The van der Waals surface area contributed by atoms with Crippen molar-refractivity contribution in [1.29, 1.82) is 0 Å². The van der Waals surface area contributed by atoms with Crippen LogP contribution in [-0.2, 0) is 4.79 Å². The monoisotopic (exact) mass is 289 g/mol. The third-order valence-electron chi connectivity index (χ3n) is 3.47. The van der Waals surface area contributed by atoms with Crippen LogP contribution in [0.3, 0.4) is 0 Å². The van der Waals surface area contributed by atoms with Crippen molar-refractivity contribution in [1.82, 2.24) is 15.5 Å². The molecule has 112 valence electrons. The fraction of sp³-hybridized carbons (Fsp3) is 0.400. The summed E-state index contributed by atoms with van der Waals surface area (Å²) in [5.74, 6) is -0.848. The third-order valence-corrected chi connectivity index (χ3v) is 3.47. The Kier molecular flexibility index (Phi) is 4.70. The highest BCUT2D eigenvalue weighted by molar-refractivity contribution is 6.21. The van der Waals surface area contributed by atoms with Gasteiger partial charge in [-0.15, -0.1) is 0 Å². The number of carbonyl (C=O) groups excluding carboxylic acids is 3. The van der Waals surface area contributed by atoms with Crippen LogP contribution < -0.4 is 10.6 Å². The molecule has 6 nitrogen and oxygen atoms in total. The Morgan fingerprint density at radius 1 is 1.19 bits per heavy atom. The Balaban J connectivity index is 1.90. The van der Waals surface area contributed by atoms with Gasteiger partial charge in [-0.05, 0) is 19.2 Å². The standard InChI is InChI=1S/C15H19N3O3/c1-10(9-16-2)13(19)17-7-8-18-14(20)11-5-3-4-6-12(11)15(18)21/h3-6,10,16H,7-9H2,1-2H3,(H,17,19). The molecule has 0 bridgehead atoms. The largest absolute Gasteiger partial charge is 0.354 e. The first-order valence-corrected chi connectivity index (χ1v) is 6.93. The Labute approximate surface area is 123 Å². The minimum absolute atomic E-state index is 0.0963. The Morgan fingerprint density at radius 2 is 1.76 bits per heavy atom. The summed E-state index contributed by atoms with van der Waals surface area (Å²) in [6, 6.07) is 6.75. The number of carbonyl (C=O) groups is 3. The van der Waals surface area contributed by atoms with Gasteiger partial charge >= 0.3 is 0 Å². The summed E-state index contributed by atoms with van der Waals surface area (Å²) in [5.41, 5.74) is 0.856. The molecule has 2 rings (SSSR count). The highest BCUT2D eigenvalue weighted by Gasteiger charge is 2.34. The first kappa shape index (κ1) is 15.2. The summed E-state index contributed by atoms with van der Waals surface area (Å²) >= 11 is 0. The van der Waals surface area contributed by atoms with Crippen LogP contribution in [0.25, 0.3) is 0 Å². The number of nitrogens with zero attached hydrogens (tertiary/aromatic N) is 1. The highest BCUT2D eigenvalue weighted by Crippen LogP contribution is 2.21. The van der Waals surface area contributed by atoms with Gasteiger partial charge in [0.2, 0.25) is 5.91 Å². The second-order valence-corrected chi connectivity index (χ2v) is 5.06. The van der Waals surface area contributed by atoms with E-state index in [2.05, 4.69) is 10.6 Å². The van der Waals surface area contributed by atoms with Crippen LogP contribution in [0.1, 0.15) is 27.6 Å². The van der Waals surface area contributed by atoms with Crippen LogP contribution >= 0.6 is 0 Å². The molecular weight excluding hydrogens is 270 g/mol. The molecule has 1 heterocycles. The van der Waals surface area contributed by atoms with E-state index >= 15 is 0 Å². The van der Waals surface area contributed by atoms with Crippen LogP contribution in [0.5, 0.6) is 0 Å².